The maximum Gasteiger partial charge on any atom is 0.103 e. The van der Waals surface area contributed by atoms with Gasteiger partial charge in [0.05, 0.1) is 6.61 Å². The fourth-order valence-corrected chi connectivity index (χ4v) is 3.17. The standard InChI is InChI=1S/C18H20BrNO/c1-18(16-7-9-17(19)10-8-16)14-20(11-12-21-18)13-15-5-3-2-4-6-15/h2-10H,11-14H2,1H3/t18-/m1/s1. The molecule has 0 amide bonds. The second-order valence-electron chi connectivity index (χ2n) is 5.78. The summed E-state index contributed by atoms with van der Waals surface area (Å²) in [5.74, 6) is 0. The monoisotopic (exact) mass is 345 g/mol. The molecule has 0 radical (unpaired) electrons. The lowest BCUT2D eigenvalue weighted by molar-refractivity contribution is -0.105. The van der Waals surface area contributed by atoms with E-state index < -0.39 is 0 Å². The highest BCUT2D eigenvalue weighted by Crippen LogP contribution is 2.30. The van der Waals surface area contributed by atoms with Crippen molar-refractivity contribution in [1.82, 2.24) is 4.90 Å². The van der Waals surface area contributed by atoms with Crippen molar-refractivity contribution in [1.29, 1.82) is 0 Å². The fourth-order valence-electron chi connectivity index (χ4n) is 2.91. The van der Waals surface area contributed by atoms with E-state index in [0.717, 1.165) is 30.7 Å². The molecule has 21 heavy (non-hydrogen) atoms. The van der Waals surface area contributed by atoms with Gasteiger partial charge in [-0.3, -0.25) is 4.90 Å². The van der Waals surface area contributed by atoms with Crippen molar-refractivity contribution >= 4 is 15.9 Å². The molecule has 2 nitrogen and oxygen atoms in total. The lowest BCUT2D eigenvalue weighted by Crippen LogP contribution is -2.47. The first-order chi connectivity index (χ1) is 10.2. The Kier molecular flexibility index (Phi) is 4.43. The van der Waals surface area contributed by atoms with Crippen LogP contribution in [0.1, 0.15) is 18.1 Å². The van der Waals surface area contributed by atoms with Gasteiger partial charge in [0.25, 0.3) is 0 Å². The van der Waals surface area contributed by atoms with Gasteiger partial charge in [-0.1, -0.05) is 58.4 Å². The van der Waals surface area contributed by atoms with Crippen LogP contribution in [0.4, 0.5) is 0 Å². The van der Waals surface area contributed by atoms with E-state index in [1.54, 1.807) is 0 Å². The summed E-state index contributed by atoms with van der Waals surface area (Å²) in [5.41, 5.74) is 2.37. The molecule has 2 aromatic rings. The SMILES string of the molecule is C[C@]1(c2ccc(Br)cc2)CN(Cc2ccccc2)CCO1. The van der Waals surface area contributed by atoms with Crippen LogP contribution in [0, 0.1) is 0 Å². The maximum atomic E-state index is 6.10. The first-order valence-corrected chi connectivity index (χ1v) is 8.11. The summed E-state index contributed by atoms with van der Waals surface area (Å²) >= 11 is 3.49. The Morgan fingerprint density at radius 3 is 2.52 bits per heavy atom. The molecule has 3 rings (SSSR count). The molecule has 1 aliphatic heterocycles. The number of halogens is 1. The van der Waals surface area contributed by atoms with Gasteiger partial charge < -0.3 is 4.74 Å². The zero-order valence-electron chi connectivity index (χ0n) is 12.3. The smallest absolute Gasteiger partial charge is 0.103 e. The van der Waals surface area contributed by atoms with E-state index in [4.69, 9.17) is 4.74 Å². The third kappa shape index (κ3) is 3.54. The number of benzene rings is 2. The van der Waals surface area contributed by atoms with Crippen molar-refractivity contribution in [2.75, 3.05) is 19.7 Å². The third-order valence-corrected chi connectivity index (χ3v) is 4.59. The number of rotatable bonds is 3. The van der Waals surface area contributed by atoms with E-state index in [1.165, 1.54) is 11.1 Å². The lowest BCUT2D eigenvalue weighted by Gasteiger charge is -2.41. The Bertz CT molecular complexity index is 584. The van der Waals surface area contributed by atoms with Crippen molar-refractivity contribution in [3.05, 3.63) is 70.2 Å². The van der Waals surface area contributed by atoms with Crippen molar-refractivity contribution in [3.8, 4) is 0 Å². The Labute approximate surface area is 134 Å². The zero-order valence-corrected chi connectivity index (χ0v) is 13.8. The zero-order chi connectivity index (χ0) is 14.7. The Morgan fingerprint density at radius 1 is 1.10 bits per heavy atom. The minimum Gasteiger partial charge on any atom is -0.368 e. The predicted octanol–water partition coefficient (Wildman–Crippen LogP) is 4.20. The maximum absolute atomic E-state index is 6.10. The molecule has 1 fully saturated rings. The van der Waals surface area contributed by atoms with E-state index in [1.807, 2.05) is 0 Å². The normalized spacial score (nSPS) is 23.1. The molecule has 0 aromatic heterocycles. The van der Waals surface area contributed by atoms with Gasteiger partial charge >= 0.3 is 0 Å². The average Bonchev–Trinajstić information content (AvgIpc) is 2.49. The Hall–Kier alpha value is -1.16. The summed E-state index contributed by atoms with van der Waals surface area (Å²) in [6, 6.07) is 19.1. The van der Waals surface area contributed by atoms with E-state index >= 15 is 0 Å². The summed E-state index contributed by atoms with van der Waals surface area (Å²) in [5, 5.41) is 0. The van der Waals surface area contributed by atoms with E-state index in [9.17, 15) is 0 Å². The van der Waals surface area contributed by atoms with Gasteiger partial charge in [0, 0.05) is 24.1 Å². The summed E-state index contributed by atoms with van der Waals surface area (Å²) in [4.78, 5) is 2.47. The molecule has 1 heterocycles. The van der Waals surface area contributed by atoms with Crippen LogP contribution in [0.2, 0.25) is 0 Å². The van der Waals surface area contributed by atoms with Crippen molar-refractivity contribution in [2.45, 2.75) is 19.1 Å². The number of hydrogen-bond acceptors (Lipinski definition) is 2. The minimum atomic E-state index is -0.228. The number of ether oxygens (including phenoxy) is 1. The van der Waals surface area contributed by atoms with E-state index in [-0.39, 0.29) is 5.60 Å². The molecule has 2 aromatic carbocycles. The molecule has 1 atom stereocenters. The van der Waals surface area contributed by atoms with Crippen molar-refractivity contribution in [2.24, 2.45) is 0 Å². The first-order valence-electron chi connectivity index (χ1n) is 7.32. The highest BCUT2D eigenvalue weighted by Gasteiger charge is 2.33. The number of morpholine rings is 1. The van der Waals surface area contributed by atoms with E-state index in [2.05, 4.69) is 82.4 Å². The molecule has 0 saturated carbocycles. The largest absolute Gasteiger partial charge is 0.368 e. The van der Waals surface area contributed by atoms with Gasteiger partial charge in [-0.15, -0.1) is 0 Å². The van der Waals surface area contributed by atoms with Gasteiger partial charge in [0.15, 0.2) is 0 Å². The summed E-state index contributed by atoms with van der Waals surface area (Å²) in [6.45, 7) is 5.85. The molecule has 3 heteroatoms. The van der Waals surface area contributed by atoms with Crippen LogP contribution in [0.15, 0.2) is 59.1 Å². The molecular formula is C18H20BrNO. The molecule has 1 aliphatic rings. The first kappa shape index (κ1) is 14.8. The highest BCUT2D eigenvalue weighted by molar-refractivity contribution is 9.10. The van der Waals surface area contributed by atoms with Crippen molar-refractivity contribution < 1.29 is 4.74 Å². The molecule has 0 spiro atoms. The van der Waals surface area contributed by atoms with Crippen LogP contribution < -0.4 is 0 Å². The van der Waals surface area contributed by atoms with Gasteiger partial charge in [0.1, 0.15) is 5.60 Å². The van der Waals surface area contributed by atoms with Crippen LogP contribution in [-0.2, 0) is 16.9 Å². The molecule has 110 valence electrons. The average molecular weight is 346 g/mol. The topological polar surface area (TPSA) is 12.5 Å². The van der Waals surface area contributed by atoms with Crippen LogP contribution >= 0.6 is 15.9 Å². The molecule has 0 aliphatic carbocycles. The van der Waals surface area contributed by atoms with Gasteiger partial charge in [-0.2, -0.15) is 0 Å². The second-order valence-corrected chi connectivity index (χ2v) is 6.70. The molecule has 1 saturated heterocycles. The fraction of sp³-hybridized carbons (Fsp3) is 0.333. The summed E-state index contributed by atoms with van der Waals surface area (Å²) in [6.07, 6.45) is 0. The van der Waals surface area contributed by atoms with Crippen LogP contribution in [0.25, 0.3) is 0 Å². The second kappa shape index (κ2) is 6.30. The number of nitrogens with zero attached hydrogens (tertiary/aromatic N) is 1. The Morgan fingerprint density at radius 2 is 1.81 bits per heavy atom. The quantitative estimate of drug-likeness (QED) is 0.826. The van der Waals surface area contributed by atoms with E-state index in [0.29, 0.717) is 0 Å². The van der Waals surface area contributed by atoms with Crippen LogP contribution in [0.3, 0.4) is 0 Å². The van der Waals surface area contributed by atoms with Gasteiger partial charge in [-0.25, -0.2) is 0 Å². The lowest BCUT2D eigenvalue weighted by atomic mass is 9.93. The molecular weight excluding hydrogens is 326 g/mol. The summed E-state index contributed by atoms with van der Waals surface area (Å²) in [7, 11) is 0. The molecule has 0 unspecified atom stereocenters. The van der Waals surface area contributed by atoms with Crippen LogP contribution in [-0.4, -0.2) is 24.6 Å². The van der Waals surface area contributed by atoms with Gasteiger partial charge in [-0.05, 0) is 30.2 Å². The molecule has 0 N–H and O–H groups in total. The predicted molar refractivity (Wildman–Crippen MR) is 89.2 cm³/mol. The summed E-state index contributed by atoms with van der Waals surface area (Å²) < 4.78 is 7.21. The van der Waals surface area contributed by atoms with Crippen LogP contribution in [0.5, 0.6) is 0 Å². The number of hydrogen-bond donors (Lipinski definition) is 0. The van der Waals surface area contributed by atoms with Gasteiger partial charge in [0.2, 0.25) is 0 Å². The highest BCUT2D eigenvalue weighted by atomic mass is 79.9. The molecule has 0 bridgehead atoms. The minimum absolute atomic E-state index is 0.228. The third-order valence-electron chi connectivity index (χ3n) is 4.06. The Balaban J connectivity index is 1.74. The van der Waals surface area contributed by atoms with Crippen molar-refractivity contribution in [3.63, 3.8) is 0 Å².